The first-order chi connectivity index (χ1) is 9.04. The Labute approximate surface area is 112 Å². The van der Waals surface area contributed by atoms with E-state index in [1.165, 1.54) is 6.92 Å². The van der Waals surface area contributed by atoms with Crippen molar-refractivity contribution in [2.75, 3.05) is 18.0 Å². The Kier molecular flexibility index (Phi) is 3.46. The first kappa shape index (κ1) is 13.4. The second kappa shape index (κ2) is 4.91. The predicted molar refractivity (Wildman–Crippen MR) is 72.2 cm³/mol. The molecule has 1 aromatic rings. The SMILES string of the molecule is CCNC(=O)C1(C)Oc2ccccc2N(CC)C1=O. The highest BCUT2D eigenvalue weighted by atomic mass is 16.5. The number of amides is 2. The van der Waals surface area contributed by atoms with Gasteiger partial charge in [0.1, 0.15) is 5.75 Å². The summed E-state index contributed by atoms with van der Waals surface area (Å²) in [6.07, 6.45) is 0. The number of nitrogens with one attached hydrogen (secondary N) is 1. The number of nitrogens with zero attached hydrogens (tertiary/aromatic N) is 1. The van der Waals surface area contributed by atoms with Gasteiger partial charge in [-0.05, 0) is 32.9 Å². The van der Waals surface area contributed by atoms with Gasteiger partial charge in [-0.25, -0.2) is 0 Å². The van der Waals surface area contributed by atoms with Crippen LogP contribution in [0.25, 0.3) is 0 Å². The van der Waals surface area contributed by atoms with E-state index in [2.05, 4.69) is 5.32 Å². The van der Waals surface area contributed by atoms with E-state index in [9.17, 15) is 9.59 Å². The number of rotatable bonds is 3. The number of ether oxygens (including phenoxy) is 1. The number of fused-ring (bicyclic) bond motifs is 1. The molecule has 1 N–H and O–H groups in total. The van der Waals surface area contributed by atoms with Gasteiger partial charge < -0.3 is 15.0 Å². The molecule has 1 heterocycles. The zero-order valence-electron chi connectivity index (χ0n) is 11.4. The predicted octanol–water partition coefficient (Wildman–Crippen LogP) is 1.33. The van der Waals surface area contributed by atoms with Crippen LogP contribution in [0.3, 0.4) is 0 Å². The van der Waals surface area contributed by atoms with Crippen LogP contribution in [0.1, 0.15) is 20.8 Å². The molecule has 5 nitrogen and oxygen atoms in total. The zero-order valence-corrected chi connectivity index (χ0v) is 11.4. The Morgan fingerprint density at radius 2 is 2.05 bits per heavy atom. The van der Waals surface area contributed by atoms with Gasteiger partial charge in [-0.15, -0.1) is 0 Å². The van der Waals surface area contributed by atoms with Crippen LogP contribution in [0.4, 0.5) is 5.69 Å². The molecule has 0 radical (unpaired) electrons. The number of hydrogen-bond acceptors (Lipinski definition) is 3. The minimum Gasteiger partial charge on any atom is -0.466 e. The maximum absolute atomic E-state index is 12.5. The van der Waals surface area contributed by atoms with Crippen molar-refractivity contribution in [3.63, 3.8) is 0 Å². The van der Waals surface area contributed by atoms with Crippen molar-refractivity contribution in [3.8, 4) is 5.75 Å². The lowest BCUT2D eigenvalue weighted by Crippen LogP contribution is -2.62. The van der Waals surface area contributed by atoms with Crippen LogP contribution in [0.5, 0.6) is 5.75 Å². The number of benzene rings is 1. The normalized spacial score (nSPS) is 21.6. The van der Waals surface area contributed by atoms with Crippen LogP contribution in [-0.4, -0.2) is 30.5 Å². The molecule has 19 heavy (non-hydrogen) atoms. The van der Waals surface area contributed by atoms with E-state index in [4.69, 9.17) is 4.74 Å². The van der Waals surface area contributed by atoms with Crippen molar-refractivity contribution in [1.82, 2.24) is 5.32 Å². The molecule has 1 aromatic carbocycles. The average molecular weight is 262 g/mol. The van der Waals surface area contributed by atoms with Crippen LogP contribution < -0.4 is 15.0 Å². The number of hydrogen-bond donors (Lipinski definition) is 1. The van der Waals surface area contributed by atoms with Gasteiger partial charge in [0.15, 0.2) is 0 Å². The van der Waals surface area contributed by atoms with Gasteiger partial charge in [-0.3, -0.25) is 9.59 Å². The van der Waals surface area contributed by atoms with E-state index in [0.29, 0.717) is 24.5 Å². The molecule has 0 aromatic heterocycles. The van der Waals surface area contributed by atoms with Crippen molar-refractivity contribution in [1.29, 1.82) is 0 Å². The molecular weight excluding hydrogens is 244 g/mol. The molecule has 0 aliphatic carbocycles. The Hall–Kier alpha value is -2.04. The molecule has 0 saturated carbocycles. The number of anilines is 1. The molecular formula is C14H18N2O3. The van der Waals surface area contributed by atoms with Crippen molar-refractivity contribution < 1.29 is 14.3 Å². The fourth-order valence-electron chi connectivity index (χ4n) is 2.18. The summed E-state index contributed by atoms with van der Waals surface area (Å²) in [5.41, 5.74) is -0.794. The molecule has 0 bridgehead atoms. The lowest BCUT2D eigenvalue weighted by molar-refractivity contribution is -0.148. The summed E-state index contributed by atoms with van der Waals surface area (Å²) in [6, 6.07) is 7.24. The Morgan fingerprint density at radius 3 is 2.68 bits per heavy atom. The number of carbonyl (C=O) groups is 2. The highest BCUT2D eigenvalue weighted by Gasteiger charge is 2.49. The molecule has 102 valence electrons. The largest absolute Gasteiger partial charge is 0.466 e. The monoisotopic (exact) mass is 262 g/mol. The molecule has 0 fully saturated rings. The first-order valence-electron chi connectivity index (χ1n) is 6.43. The zero-order chi connectivity index (χ0) is 14.0. The van der Waals surface area contributed by atoms with E-state index in [0.717, 1.165) is 0 Å². The molecule has 0 spiro atoms. The number of para-hydroxylation sites is 2. The Balaban J connectivity index is 2.46. The molecule has 2 rings (SSSR count). The van der Waals surface area contributed by atoms with Gasteiger partial charge in [0, 0.05) is 13.1 Å². The molecule has 1 unspecified atom stereocenters. The second-order valence-electron chi connectivity index (χ2n) is 4.51. The topological polar surface area (TPSA) is 58.6 Å². The highest BCUT2D eigenvalue weighted by molar-refractivity contribution is 6.16. The molecule has 1 atom stereocenters. The van der Waals surface area contributed by atoms with E-state index in [1.807, 2.05) is 25.1 Å². The van der Waals surface area contributed by atoms with E-state index < -0.39 is 11.5 Å². The number of likely N-dealkylation sites (N-methyl/N-ethyl adjacent to an activating group) is 2. The van der Waals surface area contributed by atoms with Crippen molar-refractivity contribution in [2.24, 2.45) is 0 Å². The van der Waals surface area contributed by atoms with Crippen LogP contribution in [0.2, 0.25) is 0 Å². The summed E-state index contributed by atoms with van der Waals surface area (Å²) in [6.45, 7) is 6.14. The van der Waals surface area contributed by atoms with E-state index in [-0.39, 0.29) is 5.91 Å². The van der Waals surface area contributed by atoms with Gasteiger partial charge >= 0.3 is 0 Å². The van der Waals surface area contributed by atoms with Crippen molar-refractivity contribution in [3.05, 3.63) is 24.3 Å². The highest BCUT2D eigenvalue weighted by Crippen LogP contribution is 2.37. The van der Waals surface area contributed by atoms with Crippen LogP contribution in [-0.2, 0) is 9.59 Å². The maximum atomic E-state index is 12.5. The summed E-state index contributed by atoms with van der Waals surface area (Å²) in [5, 5.41) is 2.65. The summed E-state index contributed by atoms with van der Waals surface area (Å²) in [5.74, 6) is -0.190. The van der Waals surface area contributed by atoms with Crippen LogP contribution in [0, 0.1) is 0 Å². The molecule has 0 saturated heterocycles. The third kappa shape index (κ3) is 2.05. The second-order valence-corrected chi connectivity index (χ2v) is 4.51. The number of carbonyl (C=O) groups excluding carboxylic acids is 2. The quantitative estimate of drug-likeness (QED) is 0.836. The fourth-order valence-corrected chi connectivity index (χ4v) is 2.18. The smallest absolute Gasteiger partial charge is 0.280 e. The van der Waals surface area contributed by atoms with Gasteiger partial charge in [0.25, 0.3) is 17.4 Å². The summed E-state index contributed by atoms with van der Waals surface area (Å²) < 4.78 is 5.67. The standard InChI is InChI=1S/C14H18N2O3/c1-4-15-12(17)14(3)13(18)16(5-2)10-8-6-7-9-11(10)19-14/h6-9H,4-5H2,1-3H3,(H,15,17). The lowest BCUT2D eigenvalue weighted by Gasteiger charge is -2.39. The molecule has 1 aliphatic heterocycles. The van der Waals surface area contributed by atoms with Gasteiger partial charge in [0.2, 0.25) is 0 Å². The van der Waals surface area contributed by atoms with Crippen LogP contribution in [0.15, 0.2) is 24.3 Å². The van der Waals surface area contributed by atoms with Crippen molar-refractivity contribution in [2.45, 2.75) is 26.4 Å². The summed E-state index contributed by atoms with van der Waals surface area (Å²) in [7, 11) is 0. The Bertz CT molecular complexity index is 515. The van der Waals surface area contributed by atoms with Crippen LogP contribution >= 0.6 is 0 Å². The summed E-state index contributed by atoms with van der Waals surface area (Å²) in [4.78, 5) is 26.2. The molecule has 2 amide bonds. The third-order valence-electron chi connectivity index (χ3n) is 3.21. The van der Waals surface area contributed by atoms with Crippen molar-refractivity contribution >= 4 is 17.5 Å². The fraction of sp³-hybridized carbons (Fsp3) is 0.429. The summed E-state index contributed by atoms with van der Waals surface area (Å²) >= 11 is 0. The average Bonchev–Trinajstić information content (AvgIpc) is 2.40. The van der Waals surface area contributed by atoms with Gasteiger partial charge in [0.05, 0.1) is 5.69 Å². The van der Waals surface area contributed by atoms with E-state index >= 15 is 0 Å². The third-order valence-corrected chi connectivity index (χ3v) is 3.21. The molecule has 5 heteroatoms. The lowest BCUT2D eigenvalue weighted by atomic mass is 10.00. The molecule has 1 aliphatic rings. The van der Waals surface area contributed by atoms with Gasteiger partial charge in [-0.1, -0.05) is 12.1 Å². The minimum atomic E-state index is -1.50. The Morgan fingerprint density at radius 1 is 1.37 bits per heavy atom. The minimum absolute atomic E-state index is 0.334. The van der Waals surface area contributed by atoms with E-state index in [1.54, 1.807) is 17.9 Å². The first-order valence-corrected chi connectivity index (χ1v) is 6.43. The van der Waals surface area contributed by atoms with Gasteiger partial charge in [-0.2, -0.15) is 0 Å². The maximum Gasteiger partial charge on any atom is 0.280 e.